The zero-order chi connectivity index (χ0) is 14.6. The number of hydrogen-bond donors (Lipinski definition) is 2. The third-order valence-corrected chi connectivity index (χ3v) is 4.43. The summed E-state index contributed by atoms with van der Waals surface area (Å²) < 4.78 is 0. The van der Waals surface area contributed by atoms with E-state index in [2.05, 4.69) is 35.6 Å². The Bertz CT molecular complexity index is 271. The summed E-state index contributed by atoms with van der Waals surface area (Å²) >= 11 is 1.92. The van der Waals surface area contributed by atoms with Gasteiger partial charge in [0.25, 0.3) is 0 Å². The Morgan fingerprint density at radius 2 is 2.15 bits per heavy atom. The maximum Gasteiger partial charge on any atom is 0.191 e. The fourth-order valence-electron chi connectivity index (χ4n) is 2.49. The molecule has 0 spiro atoms. The zero-order valence-corrected chi connectivity index (χ0v) is 14.3. The number of rotatable bonds is 9. The molecule has 1 saturated heterocycles. The van der Waals surface area contributed by atoms with E-state index in [1.165, 1.54) is 44.6 Å². The average Bonchev–Trinajstić information content (AvgIpc) is 2.92. The first kappa shape index (κ1) is 17.6. The number of guanidine groups is 1. The Balaban J connectivity index is 2.24. The molecule has 20 heavy (non-hydrogen) atoms. The average molecular weight is 301 g/mol. The maximum atomic E-state index is 4.74. The van der Waals surface area contributed by atoms with Crippen molar-refractivity contribution >= 4 is 17.7 Å². The van der Waals surface area contributed by atoms with Gasteiger partial charge in [-0.3, -0.25) is 4.99 Å². The molecule has 5 heteroatoms. The fraction of sp³-hybridized carbons (Fsp3) is 0.933. The smallest absolute Gasteiger partial charge is 0.191 e. The summed E-state index contributed by atoms with van der Waals surface area (Å²) in [5.74, 6) is 2.98. The van der Waals surface area contributed by atoms with Gasteiger partial charge < -0.3 is 15.5 Å². The van der Waals surface area contributed by atoms with Crippen LogP contribution in [0.2, 0.25) is 0 Å². The Morgan fingerprint density at radius 1 is 1.30 bits per heavy atom. The number of nitrogens with zero attached hydrogens (tertiary/aromatic N) is 2. The van der Waals surface area contributed by atoms with Crippen LogP contribution in [-0.2, 0) is 0 Å². The second-order valence-electron chi connectivity index (χ2n) is 5.39. The molecule has 0 aromatic rings. The van der Waals surface area contributed by atoms with Gasteiger partial charge in [0.15, 0.2) is 5.96 Å². The van der Waals surface area contributed by atoms with Crippen molar-refractivity contribution in [1.82, 2.24) is 15.5 Å². The number of hydrogen-bond acceptors (Lipinski definition) is 3. The number of thioether (sulfide) groups is 1. The van der Waals surface area contributed by atoms with Gasteiger partial charge in [0.1, 0.15) is 0 Å². The van der Waals surface area contributed by atoms with E-state index in [1.807, 2.05) is 11.8 Å². The van der Waals surface area contributed by atoms with Crippen LogP contribution in [0.4, 0.5) is 0 Å². The van der Waals surface area contributed by atoms with Crippen molar-refractivity contribution < 1.29 is 0 Å². The summed E-state index contributed by atoms with van der Waals surface area (Å²) in [7, 11) is 0. The predicted octanol–water partition coefficient (Wildman–Crippen LogP) is 2.03. The first-order valence-corrected chi connectivity index (χ1v) is 9.43. The van der Waals surface area contributed by atoms with Crippen LogP contribution in [0.15, 0.2) is 4.99 Å². The van der Waals surface area contributed by atoms with Crippen LogP contribution < -0.4 is 10.6 Å². The van der Waals surface area contributed by atoms with Crippen molar-refractivity contribution in [3.63, 3.8) is 0 Å². The van der Waals surface area contributed by atoms with E-state index in [4.69, 9.17) is 4.99 Å². The van der Waals surface area contributed by atoms with Crippen molar-refractivity contribution in [2.45, 2.75) is 33.1 Å². The van der Waals surface area contributed by atoms with Gasteiger partial charge in [-0.05, 0) is 57.2 Å². The third-order valence-electron chi connectivity index (χ3n) is 3.74. The highest BCUT2D eigenvalue weighted by molar-refractivity contribution is 7.98. The molecule has 1 rings (SSSR count). The topological polar surface area (TPSA) is 39.7 Å². The summed E-state index contributed by atoms with van der Waals surface area (Å²) in [6.07, 6.45) is 5.96. The van der Waals surface area contributed by atoms with Gasteiger partial charge >= 0.3 is 0 Å². The summed E-state index contributed by atoms with van der Waals surface area (Å²) in [5, 5.41) is 6.79. The van der Waals surface area contributed by atoms with Gasteiger partial charge in [-0.15, -0.1) is 0 Å². The molecule has 0 amide bonds. The predicted molar refractivity (Wildman–Crippen MR) is 91.8 cm³/mol. The Labute approximate surface area is 129 Å². The molecule has 0 aromatic carbocycles. The number of likely N-dealkylation sites (tertiary alicyclic amines) is 1. The lowest BCUT2D eigenvalue weighted by molar-refractivity contribution is 0.343. The Kier molecular flexibility index (Phi) is 9.93. The van der Waals surface area contributed by atoms with Crippen molar-refractivity contribution in [2.24, 2.45) is 10.9 Å². The molecule has 0 aliphatic carbocycles. The van der Waals surface area contributed by atoms with Crippen LogP contribution in [0.3, 0.4) is 0 Å². The van der Waals surface area contributed by atoms with E-state index in [-0.39, 0.29) is 0 Å². The maximum absolute atomic E-state index is 4.74. The summed E-state index contributed by atoms with van der Waals surface area (Å²) in [6.45, 7) is 10.9. The minimum atomic E-state index is 0.738. The molecule has 0 radical (unpaired) electrons. The summed E-state index contributed by atoms with van der Waals surface area (Å²) in [5.41, 5.74) is 0. The molecule has 0 bridgehead atoms. The third kappa shape index (κ3) is 7.39. The van der Waals surface area contributed by atoms with Gasteiger partial charge in [0.05, 0.1) is 0 Å². The molecule has 118 valence electrons. The van der Waals surface area contributed by atoms with E-state index in [0.29, 0.717) is 0 Å². The first-order chi connectivity index (χ1) is 9.80. The van der Waals surface area contributed by atoms with Crippen molar-refractivity contribution in [3.8, 4) is 0 Å². The second-order valence-corrected chi connectivity index (χ2v) is 6.38. The van der Waals surface area contributed by atoms with Crippen molar-refractivity contribution in [3.05, 3.63) is 0 Å². The van der Waals surface area contributed by atoms with Crippen LogP contribution in [0, 0.1) is 5.92 Å². The van der Waals surface area contributed by atoms with Crippen LogP contribution in [0.25, 0.3) is 0 Å². The largest absolute Gasteiger partial charge is 0.357 e. The second kappa shape index (κ2) is 11.3. The molecule has 2 N–H and O–H groups in total. The van der Waals surface area contributed by atoms with E-state index < -0.39 is 0 Å². The van der Waals surface area contributed by atoms with Crippen molar-refractivity contribution in [1.29, 1.82) is 0 Å². The van der Waals surface area contributed by atoms with Crippen LogP contribution in [-0.4, -0.2) is 62.1 Å². The molecule has 1 unspecified atom stereocenters. The number of nitrogens with one attached hydrogen (secondary N) is 2. The standard InChI is InChI=1S/C15H32N4S/c1-4-16-15(17-9-6-7-11-20-3)18-12-14-8-10-19(5-2)13-14/h14H,4-13H2,1-3H3,(H2,16,17,18). The number of aliphatic imine (C=N–C) groups is 1. The van der Waals surface area contributed by atoms with Crippen molar-refractivity contribution in [2.75, 3.05) is 51.3 Å². The molecule has 1 heterocycles. The van der Waals surface area contributed by atoms with Gasteiger partial charge in [-0.1, -0.05) is 6.92 Å². The summed E-state index contributed by atoms with van der Waals surface area (Å²) in [4.78, 5) is 7.26. The lowest BCUT2D eigenvalue weighted by Gasteiger charge is -2.14. The van der Waals surface area contributed by atoms with Crippen LogP contribution in [0.1, 0.15) is 33.1 Å². The molecule has 4 nitrogen and oxygen atoms in total. The molecular weight excluding hydrogens is 268 g/mol. The Morgan fingerprint density at radius 3 is 2.80 bits per heavy atom. The van der Waals surface area contributed by atoms with E-state index in [0.717, 1.165) is 31.5 Å². The zero-order valence-electron chi connectivity index (χ0n) is 13.5. The highest BCUT2D eigenvalue weighted by atomic mass is 32.2. The molecule has 1 atom stereocenters. The monoisotopic (exact) mass is 300 g/mol. The molecule has 1 aliphatic rings. The van der Waals surface area contributed by atoms with Gasteiger partial charge in [0, 0.05) is 26.2 Å². The first-order valence-electron chi connectivity index (χ1n) is 8.03. The molecule has 1 aliphatic heterocycles. The minimum absolute atomic E-state index is 0.738. The number of unbranched alkanes of at least 4 members (excludes halogenated alkanes) is 1. The highest BCUT2D eigenvalue weighted by Gasteiger charge is 2.20. The normalized spacial score (nSPS) is 20.4. The van der Waals surface area contributed by atoms with Gasteiger partial charge in [-0.25, -0.2) is 0 Å². The Hall–Kier alpha value is -0.420. The molecule has 1 fully saturated rings. The highest BCUT2D eigenvalue weighted by Crippen LogP contribution is 2.15. The van der Waals surface area contributed by atoms with Gasteiger partial charge in [-0.2, -0.15) is 11.8 Å². The van der Waals surface area contributed by atoms with E-state index >= 15 is 0 Å². The molecular formula is C15H32N4S. The quantitative estimate of drug-likeness (QED) is 0.388. The fourth-order valence-corrected chi connectivity index (χ4v) is 2.98. The molecule has 0 aromatic heterocycles. The minimum Gasteiger partial charge on any atom is -0.357 e. The van der Waals surface area contributed by atoms with Gasteiger partial charge in [0.2, 0.25) is 0 Å². The summed E-state index contributed by atoms with van der Waals surface area (Å²) in [6, 6.07) is 0. The molecule has 0 saturated carbocycles. The van der Waals surface area contributed by atoms with E-state index in [9.17, 15) is 0 Å². The van der Waals surface area contributed by atoms with Crippen LogP contribution >= 0.6 is 11.8 Å². The SMILES string of the molecule is CCNC(=NCC1CCN(CC)C1)NCCCCSC. The van der Waals surface area contributed by atoms with Crippen LogP contribution in [0.5, 0.6) is 0 Å². The van der Waals surface area contributed by atoms with E-state index in [1.54, 1.807) is 0 Å². The lowest BCUT2D eigenvalue weighted by atomic mass is 10.1. The lowest BCUT2D eigenvalue weighted by Crippen LogP contribution is -2.38.